The Morgan fingerprint density at radius 2 is 2.19 bits per heavy atom. The molecule has 0 bridgehead atoms. The molecule has 0 aliphatic rings. The maximum Gasteiger partial charge on any atom is 0.326 e. The van der Waals surface area contributed by atoms with Gasteiger partial charge in [-0.25, -0.2) is 9.25 Å². The average Bonchev–Trinajstić information content (AvgIpc) is 2.29. The van der Waals surface area contributed by atoms with E-state index in [1.165, 1.54) is 12.1 Å². The molecule has 0 aliphatic carbocycles. The van der Waals surface area contributed by atoms with Crippen molar-refractivity contribution in [2.75, 3.05) is 0 Å². The highest BCUT2D eigenvalue weighted by atomic mass is 31.1. The zero-order chi connectivity index (χ0) is 12.0. The Kier molecular flexibility index (Phi) is 5.78. The summed E-state index contributed by atoms with van der Waals surface area (Å²) in [5, 5.41) is 0. The summed E-state index contributed by atoms with van der Waals surface area (Å²) in [5.41, 5.74) is 6.43. The normalized spacial score (nSPS) is 12.9. The van der Waals surface area contributed by atoms with Crippen molar-refractivity contribution in [2.24, 2.45) is 5.73 Å². The van der Waals surface area contributed by atoms with Gasteiger partial charge in [-0.3, -0.25) is 4.79 Å². The summed E-state index contributed by atoms with van der Waals surface area (Å²) < 4.78 is 17.4. The first-order valence-corrected chi connectivity index (χ1v) is 6.03. The minimum atomic E-state index is -0.726. The average molecular weight is 262 g/mol. The van der Waals surface area contributed by atoms with Crippen LogP contribution < -0.4 is 10.6 Å². The molecule has 1 aromatic rings. The SMILES string of the molecule is N[C@H](Cc1ccc(F)cc1)C(=O)OPNP. The Morgan fingerprint density at radius 1 is 1.56 bits per heavy atom. The largest absolute Gasteiger partial charge is 0.430 e. The van der Waals surface area contributed by atoms with Crippen LogP contribution in [-0.4, -0.2) is 12.0 Å². The van der Waals surface area contributed by atoms with Crippen LogP contribution in [0.5, 0.6) is 0 Å². The zero-order valence-electron chi connectivity index (χ0n) is 8.44. The van der Waals surface area contributed by atoms with Crippen molar-refractivity contribution < 1.29 is 13.7 Å². The molecule has 7 heteroatoms. The van der Waals surface area contributed by atoms with Gasteiger partial charge in [0.25, 0.3) is 0 Å². The van der Waals surface area contributed by atoms with Gasteiger partial charge in [0.2, 0.25) is 0 Å². The monoisotopic (exact) mass is 262 g/mol. The number of nitrogens with one attached hydrogen (secondary N) is 1. The van der Waals surface area contributed by atoms with Crippen LogP contribution in [0.15, 0.2) is 24.3 Å². The Bertz CT molecular complexity index is 348. The molecular formula is C9H13FN2O2P2. The molecule has 0 aliphatic heterocycles. The van der Waals surface area contributed by atoms with Crippen molar-refractivity contribution in [3.63, 3.8) is 0 Å². The maximum atomic E-state index is 12.6. The van der Waals surface area contributed by atoms with E-state index < -0.39 is 12.0 Å². The maximum absolute atomic E-state index is 12.6. The summed E-state index contributed by atoms with van der Waals surface area (Å²) in [6, 6.07) is 5.13. The fourth-order valence-corrected chi connectivity index (χ4v) is 1.60. The van der Waals surface area contributed by atoms with E-state index in [0.717, 1.165) is 5.56 Å². The van der Waals surface area contributed by atoms with Crippen LogP contribution in [0.25, 0.3) is 0 Å². The Balaban J connectivity index is 2.47. The molecule has 1 rings (SSSR count). The van der Waals surface area contributed by atoms with Crippen LogP contribution in [0, 0.1) is 5.82 Å². The summed E-state index contributed by atoms with van der Waals surface area (Å²) >= 11 is 0. The molecule has 0 saturated heterocycles. The number of hydrogen-bond acceptors (Lipinski definition) is 4. The van der Waals surface area contributed by atoms with Crippen LogP contribution in [0.1, 0.15) is 5.56 Å². The summed E-state index contributed by atoms with van der Waals surface area (Å²) in [7, 11) is 2.09. The molecule has 0 heterocycles. The molecule has 0 aromatic heterocycles. The van der Waals surface area contributed by atoms with Crippen molar-refractivity contribution in [3.05, 3.63) is 35.6 Å². The smallest absolute Gasteiger partial charge is 0.326 e. The third-order valence-electron chi connectivity index (χ3n) is 1.88. The van der Waals surface area contributed by atoms with Gasteiger partial charge >= 0.3 is 5.97 Å². The van der Waals surface area contributed by atoms with Gasteiger partial charge in [0.15, 0.2) is 8.96 Å². The lowest BCUT2D eigenvalue weighted by Crippen LogP contribution is -2.33. The van der Waals surface area contributed by atoms with Crippen LogP contribution in [0.4, 0.5) is 4.39 Å². The zero-order valence-corrected chi connectivity index (χ0v) is 10.6. The van der Waals surface area contributed by atoms with E-state index in [0.29, 0.717) is 6.42 Å². The van der Waals surface area contributed by atoms with E-state index in [9.17, 15) is 9.18 Å². The van der Waals surface area contributed by atoms with Crippen molar-refractivity contribution in [1.82, 2.24) is 4.86 Å². The third kappa shape index (κ3) is 4.50. The molecule has 0 fully saturated rings. The van der Waals surface area contributed by atoms with Gasteiger partial charge in [-0.05, 0) is 24.1 Å². The van der Waals surface area contributed by atoms with Crippen LogP contribution >= 0.6 is 18.3 Å². The minimum Gasteiger partial charge on any atom is -0.430 e. The summed E-state index contributed by atoms with van der Waals surface area (Å²) in [6.07, 6.45) is 0.334. The fraction of sp³-hybridized carbons (Fsp3) is 0.222. The molecule has 0 radical (unpaired) electrons. The molecule has 0 spiro atoms. The Hall–Kier alpha value is -0.600. The number of hydrogen-bond donors (Lipinski definition) is 2. The summed E-state index contributed by atoms with van der Waals surface area (Å²) in [6.45, 7) is 0. The van der Waals surface area contributed by atoms with E-state index in [2.05, 4.69) is 14.2 Å². The van der Waals surface area contributed by atoms with Crippen molar-refractivity contribution in [1.29, 1.82) is 0 Å². The lowest BCUT2D eigenvalue weighted by atomic mass is 10.1. The van der Waals surface area contributed by atoms with E-state index in [-0.39, 0.29) is 14.8 Å². The highest BCUT2D eigenvalue weighted by Gasteiger charge is 2.15. The fourth-order valence-electron chi connectivity index (χ4n) is 1.11. The predicted octanol–water partition coefficient (Wildman–Crippen LogP) is 1.13. The molecule has 0 amide bonds. The quantitative estimate of drug-likeness (QED) is 0.781. The Labute approximate surface area is 97.3 Å². The number of carbonyl (C=O) groups is 1. The van der Waals surface area contributed by atoms with Gasteiger partial charge in [0.1, 0.15) is 11.9 Å². The first-order valence-electron chi connectivity index (χ1n) is 4.55. The molecule has 0 saturated carbocycles. The van der Waals surface area contributed by atoms with Gasteiger partial charge in [-0.15, -0.1) is 0 Å². The highest BCUT2D eigenvalue weighted by molar-refractivity contribution is 7.41. The van der Waals surface area contributed by atoms with Crippen LogP contribution in [-0.2, 0) is 15.7 Å². The predicted molar refractivity (Wildman–Crippen MR) is 65.3 cm³/mol. The number of halogens is 1. The molecule has 1 aromatic carbocycles. The topological polar surface area (TPSA) is 64.4 Å². The number of benzene rings is 1. The van der Waals surface area contributed by atoms with Gasteiger partial charge in [-0.2, -0.15) is 0 Å². The van der Waals surface area contributed by atoms with E-state index in [1.54, 1.807) is 12.1 Å². The van der Waals surface area contributed by atoms with E-state index in [1.807, 2.05) is 0 Å². The van der Waals surface area contributed by atoms with Gasteiger partial charge in [0, 0.05) is 0 Å². The van der Waals surface area contributed by atoms with E-state index in [4.69, 9.17) is 10.3 Å². The van der Waals surface area contributed by atoms with Gasteiger partial charge < -0.3 is 10.3 Å². The van der Waals surface area contributed by atoms with Crippen LogP contribution in [0.2, 0.25) is 0 Å². The third-order valence-corrected chi connectivity index (χ3v) is 2.66. The van der Waals surface area contributed by atoms with E-state index >= 15 is 0 Å². The second kappa shape index (κ2) is 6.87. The number of rotatable bonds is 5. The molecule has 3 atom stereocenters. The first-order chi connectivity index (χ1) is 7.63. The van der Waals surface area contributed by atoms with Crippen molar-refractivity contribution >= 4 is 24.3 Å². The minimum absolute atomic E-state index is 0.130. The second-order valence-electron chi connectivity index (χ2n) is 3.10. The van der Waals surface area contributed by atoms with Crippen molar-refractivity contribution in [2.45, 2.75) is 12.5 Å². The first kappa shape index (κ1) is 13.5. The standard InChI is InChI=1S/C9H13FN2O2P2/c10-7-3-1-6(2-4-7)5-8(11)9(13)14-16-12-15/h1-4,8,12,16H,5,11,15H2/t8-/m1/s1. The number of carbonyl (C=O) groups excluding carboxylic acids is 1. The molecule has 3 N–H and O–H groups in total. The molecular weight excluding hydrogens is 249 g/mol. The summed E-state index contributed by atoms with van der Waals surface area (Å²) in [5.74, 6) is -0.786. The summed E-state index contributed by atoms with van der Waals surface area (Å²) in [4.78, 5) is 13.9. The van der Waals surface area contributed by atoms with Crippen LogP contribution in [0.3, 0.4) is 0 Å². The molecule has 88 valence electrons. The molecule has 16 heavy (non-hydrogen) atoms. The lowest BCUT2D eigenvalue weighted by Gasteiger charge is -2.10. The highest BCUT2D eigenvalue weighted by Crippen LogP contribution is 2.11. The lowest BCUT2D eigenvalue weighted by molar-refractivity contribution is -0.134. The van der Waals surface area contributed by atoms with Crippen molar-refractivity contribution in [3.8, 4) is 0 Å². The molecule has 4 nitrogen and oxygen atoms in total. The Morgan fingerprint density at radius 3 is 2.75 bits per heavy atom. The van der Waals surface area contributed by atoms with Gasteiger partial charge in [0.05, 0.1) is 0 Å². The molecule has 2 unspecified atom stereocenters. The number of nitrogens with two attached hydrogens (primary N) is 1. The van der Waals surface area contributed by atoms with Gasteiger partial charge in [-0.1, -0.05) is 21.5 Å². The second-order valence-corrected chi connectivity index (χ2v) is 4.67.